The van der Waals surface area contributed by atoms with Crippen LogP contribution in [0.15, 0.2) is 65.8 Å². The van der Waals surface area contributed by atoms with Crippen LogP contribution in [0.5, 0.6) is 0 Å². The lowest BCUT2D eigenvalue weighted by atomic mass is 10.2. The molecule has 0 unspecified atom stereocenters. The number of hydrogen-bond acceptors (Lipinski definition) is 8. The number of nitrogens with two attached hydrogens (primary N) is 1. The van der Waals surface area contributed by atoms with Crippen LogP contribution >= 0.6 is 0 Å². The molecule has 0 saturated carbocycles. The predicted octanol–water partition coefficient (Wildman–Crippen LogP) is 3.03. The monoisotopic (exact) mass is 482 g/mol. The van der Waals surface area contributed by atoms with E-state index in [1.165, 1.54) is 12.3 Å². The highest BCUT2D eigenvalue weighted by atomic mass is 32.2. The summed E-state index contributed by atoms with van der Waals surface area (Å²) in [6.07, 6.45) is 2.48. The first-order valence-electron chi connectivity index (χ1n) is 9.80. The molecule has 0 atom stereocenters. The van der Waals surface area contributed by atoms with Crippen LogP contribution < -0.4 is 21.1 Å². The number of aromatic nitrogens is 4. The number of nitrogens with one attached hydrogen (secondary N) is 4. The van der Waals surface area contributed by atoms with Crippen LogP contribution in [0.1, 0.15) is 15.9 Å². The maximum Gasteiger partial charge on any atom is 0.256 e. The SMILES string of the molecule is Cc1ccc(Nc2ncc(F)c(Nc3ccc(C(=O)Nc4ccn[nH]4)cc3)n2)cc1S(N)(=O)=O. The summed E-state index contributed by atoms with van der Waals surface area (Å²) >= 11 is 0. The van der Waals surface area contributed by atoms with E-state index in [1.807, 2.05) is 0 Å². The van der Waals surface area contributed by atoms with Gasteiger partial charge in [0.1, 0.15) is 5.82 Å². The molecule has 4 rings (SSSR count). The number of H-pyrrole nitrogens is 1. The lowest BCUT2D eigenvalue weighted by Gasteiger charge is -2.11. The van der Waals surface area contributed by atoms with Crippen LogP contribution in [0.25, 0.3) is 0 Å². The van der Waals surface area contributed by atoms with Crippen molar-refractivity contribution in [2.45, 2.75) is 11.8 Å². The highest BCUT2D eigenvalue weighted by molar-refractivity contribution is 7.89. The fourth-order valence-electron chi connectivity index (χ4n) is 2.99. The smallest absolute Gasteiger partial charge is 0.256 e. The molecule has 0 aliphatic rings. The number of benzene rings is 2. The molecule has 2 aromatic carbocycles. The van der Waals surface area contributed by atoms with Crippen LogP contribution in [0.3, 0.4) is 0 Å². The zero-order valence-electron chi connectivity index (χ0n) is 17.7. The summed E-state index contributed by atoms with van der Waals surface area (Å²) in [5.74, 6) is -0.678. The van der Waals surface area contributed by atoms with Crippen molar-refractivity contribution in [2.24, 2.45) is 5.14 Å². The second kappa shape index (κ2) is 9.25. The molecule has 4 aromatic rings. The molecule has 11 nitrogen and oxygen atoms in total. The summed E-state index contributed by atoms with van der Waals surface area (Å²) in [5.41, 5.74) is 1.71. The summed E-state index contributed by atoms with van der Waals surface area (Å²) in [6, 6.07) is 12.5. The van der Waals surface area contributed by atoms with E-state index in [-0.39, 0.29) is 22.6 Å². The Morgan fingerprint density at radius 2 is 1.79 bits per heavy atom. The van der Waals surface area contributed by atoms with E-state index in [9.17, 15) is 17.6 Å². The molecule has 2 heterocycles. The van der Waals surface area contributed by atoms with Gasteiger partial charge in [0.15, 0.2) is 11.6 Å². The van der Waals surface area contributed by atoms with Crippen molar-refractivity contribution >= 4 is 44.9 Å². The van der Waals surface area contributed by atoms with Gasteiger partial charge in [-0.3, -0.25) is 9.89 Å². The molecule has 2 aromatic heterocycles. The molecule has 0 saturated heterocycles. The standard InChI is InChI=1S/C21H19FN8O3S/c1-12-2-5-15(10-17(12)34(23,32)33)27-21-24-11-16(22)19(29-21)26-14-6-3-13(4-7-14)20(31)28-18-8-9-25-30-18/h2-11H,1H3,(H2,23,32,33)(H2,24,26,27,29)(H2,25,28,30,31). The normalized spacial score (nSPS) is 11.1. The lowest BCUT2D eigenvalue weighted by Crippen LogP contribution is -2.14. The Morgan fingerprint density at radius 1 is 1.06 bits per heavy atom. The van der Waals surface area contributed by atoms with Crippen molar-refractivity contribution in [3.63, 3.8) is 0 Å². The number of anilines is 5. The molecule has 0 radical (unpaired) electrons. The molecule has 0 fully saturated rings. The molecule has 6 N–H and O–H groups in total. The van der Waals surface area contributed by atoms with Gasteiger partial charge < -0.3 is 16.0 Å². The summed E-state index contributed by atoms with van der Waals surface area (Å²) in [7, 11) is -3.91. The van der Waals surface area contributed by atoms with Crippen LogP contribution in [0.4, 0.5) is 33.3 Å². The van der Waals surface area contributed by atoms with Gasteiger partial charge in [-0.1, -0.05) is 6.07 Å². The molecule has 174 valence electrons. The lowest BCUT2D eigenvalue weighted by molar-refractivity contribution is 0.102. The van der Waals surface area contributed by atoms with Gasteiger partial charge in [-0.05, 0) is 48.9 Å². The van der Waals surface area contributed by atoms with Crippen molar-refractivity contribution in [2.75, 3.05) is 16.0 Å². The molecule has 13 heteroatoms. The Labute approximate surface area is 193 Å². The van der Waals surface area contributed by atoms with E-state index < -0.39 is 15.8 Å². The third-order valence-corrected chi connectivity index (χ3v) is 5.71. The van der Waals surface area contributed by atoms with Crippen molar-refractivity contribution in [1.29, 1.82) is 0 Å². The van der Waals surface area contributed by atoms with Gasteiger partial charge in [0.25, 0.3) is 5.91 Å². The highest BCUT2D eigenvalue weighted by Gasteiger charge is 2.14. The van der Waals surface area contributed by atoms with Crippen LogP contribution in [0.2, 0.25) is 0 Å². The van der Waals surface area contributed by atoms with Gasteiger partial charge >= 0.3 is 0 Å². The number of rotatable bonds is 7. The van der Waals surface area contributed by atoms with E-state index in [1.54, 1.807) is 49.4 Å². The molecular weight excluding hydrogens is 463 g/mol. The number of halogens is 1. The maximum atomic E-state index is 14.3. The number of sulfonamides is 1. The van der Waals surface area contributed by atoms with Gasteiger partial charge in [0, 0.05) is 23.0 Å². The zero-order valence-corrected chi connectivity index (χ0v) is 18.5. The van der Waals surface area contributed by atoms with E-state index in [2.05, 4.69) is 36.1 Å². The van der Waals surface area contributed by atoms with Gasteiger partial charge in [0.05, 0.1) is 17.3 Å². The Balaban J connectivity index is 1.49. The first kappa shape index (κ1) is 22.8. The van der Waals surface area contributed by atoms with Crippen molar-refractivity contribution in [3.05, 3.63) is 77.9 Å². The van der Waals surface area contributed by atoms with Crippen LogP contribution in [-0.2, 0) is 10.0 Å². The fourth-order valence-corrected chi connectivity index (χ4v) is 3.80. The first-order chi connectivity index (χ1) is 16.2. The number of aryl methyl sites for hydroxylation is 1. The summed E-state index contributed by atoms with van der Waals surface area (Å²) in [5, 5.41) is 19.9. The third-order valence-electron chi connectivity index (χ3n) is 4.65. The number of carbonyl (C=O) groups excluding carboxylic acids is 1. The molecule has 0 spiro atoms. The van der Waals surface area contributed by atoms with E-state index in [0.29, 0.717) is 28.3 Å². The first-order valence-corrected chi connectivity index (χ1v) is 11.3. The summed E-state index contributed by atoms with van der Waals surface area (Å²) in [4.78, 5) is 20.2. The molecule has 34 heavy (non-hydrogen) atoms. The highest BCUT2D eigenvalue weighted by Crippen LogP contribution is 2.23. The minimum atomic E-state index is -3.91. The number of nitrogens with zero attached hydrogens (tertiary/aromatic N) is 3. The molecule has 1 amide bonds. The molecular formula is C21H19FN8O3S. The molecule has 0 aliphatic carbocycles. The Morgan fingerprint density at radius 3 is 2.47 bits per heavy atom. The second-order valence-electron chi connectivity index (χ2n) is 7.17. The molecule has 0 aliphatic heterocycles. The third kappa shape index (κ3) is 5.33. The fraction of sp³-hybridized carbons (Fsp3) is 0.0476. The average Bonchev–Trinajstić information content (AvgIpc) is 3.30. The summed E-state index contributed by atoms with van der Waals surface area (Å²) in [6.45, 7) is 1.62. The Bertz CT molecular complexity index is 1440. The largest absolute Gasteiger partial charge is 0.338 e. The van der Waals surface area contributed by atoms with E-state index in [0.717, 1.165) is 6.20 Å². The number of primary sulfonamides is 1. The van der Waals surface area contributed by atoms with Gasteiger partial charge in [-0.2, -0.15) is 10.1 Å². The van der Waals surface area contributed by atoms with E-state index in [4.69, 9.17) is 5.14 Å². The zero-order chi connectivity index (χ0) is 24.3. The average molecular weight is 483 g/mol. The van der Waals surface area contributed by atoms with Gasteiger partial charge in [-0.25, -0.2) is 22.9 Å². The summed E-state index contributed by atoms with van der Waals surface area (Å²) < 4.78 is 37.8. The topological polar surface area (TPSA) is 168 Å². The Kier molecular flexibility index (Phi) is 6.21. The maximum absolute atomic E-state index is 14.3. The second-order valence-corrected chi connectivity index (χ2v) is 8.70. The minimum Gasteiger partial charge on any atom is -0.338 e. The van der Waals surface area contributed by atoms with Crippen molar-refractivity contribution in [3.8, 4) is 0 Å². The minimum absolute atomic E-state index is 0.0312. The van der Waals surface area contributed by atoms with Gasteiger partial charge in [0.2, 0.25) is 16.0 Å². The quantitative estimate of drug-likeness (QED) is 0.268. The van der Waals surface area contributed by atoms with Crippen LogP contribution in [0, 0.1) is 12.7 Å². The number of amides is 1. The number of carbonyl (C=O) groups is 1. The Hall–Kier alpha value is -4.36. The van der Waals surface area contributed by atoms with E-state index >= 15 is 0 Å². The predicted molar refractivity (Wildman–Crippen MR) is 124 cm³/mol. The number of aromatic amines is 1. The van der Waals surface area contributed by atoms with Gasteiger partial charge in [-0.15, -0.1) is 0 Å². The molecule has 0 bridgehead atoms. The van der Waals surface area contributed by atoms with Crippen LogP contribution in [-0.4, -0.2) is 34.5 Å². The van der Waals surface area contributed by atoms with Crippen molar-refractivity contribution in [1.82, 2.24) is 20.2 Å². The van der Waals surface area contributed by atoms with Crippen molar-refractivity contribution < 1.29 is 17.6 Å². The number of hydrogen-bond donors (Lipinski definition) is 5.